The molecule has 0 bridgehead atoms. The lowest BCUT2D eigenvalue weighted by atomic mass is 10.1. The Balaban J connectivity index is 2.95. The summed E-state index contributed by atoms with van der Waals surface area (Å²) in [5, 5.41) is 10.8. The van der Waals surface area contributed by atoms with Crippen molar-refractivity contribution in [3.63, 3.8) is 0 Å². The zero-order chi connectivity index (χ0) is 14.4. The number of benzene rings is 1. The Morgan fingerprint density at radius 3 is 2.63 bits per heavy atom. The molecule has 8 nitrogen and oxygen atoms in total. The molecule has 0 aliphatic rings. The number of ether oxygens (including phenoxy) is 2. The van der Waals surface area contributed by atoms with E-state index in [-0.39, 0.29) is 30.0 Å². The number of hydrogen-bond acceptors (Lipinski definition) is 6. The summed E-state index contributed by atoms with van der Waals surface area (Å²) in [6, 6.07) is 3.64. The molecule has 0 atom stereocenters. The third-order valence-electron chi connectivity index (χ3n) is 2.19. The molecule has 0 aromatic heterocycles. The summed E-state index contributed by atoms with van der Waals surface area (Å²) in [5.41, 5.74) is 4.34. The summed E-state index contributed by atoms with van der Waals surface area (Å²) < 4.78 is 9.61. The van der Waals surface area contributed by atoms with Crippen molar-refractivity contribution < 1.29 is 24.0 Å². The van der Waals surface area contributed by atoms with Crippen LogP contribution in [0.1, 0.15) is 16.8 Å². The van der Waals surface area contributed by atoms with E-state index in [1.54, 1.807) is 0 Å². The van der Waals surface area contributed by atoms with E-state index in [4.69, 9.17) is 10.5 Å². The van der Waals surface area contributed by atoms with Gasteiger partial charge in [0.25, 0.3) is 5.69 Å². The second-order valence-corrected chi connectivity index (χ2v) is 3.49. The van der Waals surface area contributed by atoms with E-state index >= 15 is 0 Å². The van der Waals surface area contributed by atoms with Gasteiger partial charge in [0, 0.05) is 12.1 Å². The molecule has 1 aromatic rings. The zero-order valence-electron chi connectivity index (χ0n) is 10.1. The van der Waals surface area contributed by atoms with Crippen LogP contribution in [0.3, 0.4) is 0 Å². The van der Waals surface area contributed by atoms with Crippen LogP contribution in [0, 0.1) is 10.1 Å². The van der Waals surface area contributed by atoms with Crippen LogP contribution in [0.25, 0.3) is 0 Å². The standard InChI is InChI=1S/C11H12N2O6/c1-18-11(15)8-6-7(19-5-4-10(12)14)2-3-9(8)13(16)17/h2-3,6H,4-5H2,1H3,(H2,12,14). The molecule has 0 aliphatic carbocycles. The minimum absolute atomic E-state index is 0.00451. The number of methoxy groups -OCH3 is 1. The molecule has 0 unspecified atom stereocenters. The third-order valence-corrected chi connectivity index (χ3v) is 2.19. The molecule has 1 amide bonds. The summed E-state index contributed by atoms with van der Waals surface area (Å²) in [5.74, 6) is -1.16. The van der Waals surface area contributed by atoms with Crippen molar-refractivity contribution in [1.29, 1.82) is 0 Å². The van der Waals surface area contributed by atoms with Crippen LogP contribution in [0.4, 0.5) is 5.69 Å². The smallest absolute Gasteiger partial charge is 0.345 e. The van der Waals surface area contributed by atoms with Crippen LogP contribution in [0.5, 0.6) is 5.75 Å². The number of nitrogens with two attached hydrogens (primary N) is 1. The average Bonchev–Trinajstić information content (AvgIpc) is 2.37. The fourth-order valence-corrected chi connectivity index (χ4v) is 1.31. The van der Waals surface area contributed by atoms with Crippen LogP contribution < -0.4 is 10.5 Å². The van der Waals surface area contributed by atoms with Crippen LogP contribution in [0.15, 0.2) is 18.2 Å². The Labute approximate surface area is 108 Å². The van der Waals surface area contributed by atoms with E-state index in [1.165, 1.54) is 12.1 Å². The number of nitrogens with zero attached hydrogens (tertiary/aromatic N) is 1. The first-order valence-electron chi connectivity index (χ1n) is 5.23. The van der Waals surface area contributed by atoms with Crippen molar-refractivity contribution in [3.8, 4) is 5.75 Å². The van der Waals surface area contributed by atoms with Gasteiger partial charge in [0.1, 0.15) is 11.3 Å². The van der Waals surface area contributed by atoms with Gasteiger partial charge in [-0.1, -0.05) is 0 Å². The highest BCUT2D eigenvalue weighted by Crippen LogP contribution is 2.24. The van der Waals surface area contributed by atoms with E-state index in [0.29, 0.717) is 0 Å². The van der Waals surface area contributed by atoms with Crippen LogP contribution in [-0.4, -0.2) is 30.5 Å². The van der Waals surface area contributed by atoms with Crippen molar-refractivity contribution in [2.24, 2.45) is 5.73 Å². The highest BCUT2D eigenvalue weighted by atomic mass is 16.6. The van der Waals surface area contributed by atoms with E-state index in [1.807, 2.05) is 0 Å². The normalized spacial score (nSPS) is 9.74. The molecule has 0 saturated heterocycles. The molecule has 1 rings (SSSR count). The monoisotopic (exact) mass is 268 g/mol. The maximum atomic E-state index is 11.4. The van der Waals surface area contributed by atoms with Gasteiger partial charge < -0.3 is 15.2 Å². The van der Waals surface area contributed by atoms with Gasteiger partial charge in [-0.25, -0.2) is 4.79 Å². The number of nitro benzene ring substituents is 1. The number of hydrogen-bond donors (Lipinski definition) is 1. The fourth-order valence-electron chi connectivity index (χ4n) is 1.31. The van der Waals surface area contributed by atoms with Gasteiger partial charge in [0.05, 0.1) is 25.1 Å². The first kappa shape index (κ1) is 14.4. The van der Waals surface area contributed by atoms with E-state index in [2.05, 4.69) is 4.74 Å². The fraction of sp³-hybridized carbons (Fsp3) is 0.273. The second-order valence-electron chi connectivity index (χ2n) is 3.49. The molecule has 0 heterocycles. The van der Waals surface area contributed by atoms with Gasteiger partial charge in [-0.3, -0.25) is 14.9 Å². The van der Waals surface area contributed by atoms with Gasteiger partial charge >= 0.3 is 5.97 Å². The third kappa shape index (κ3) is 3.95. The van der Waals surface area contributed by atoms with Crippen molar-refractivity contribution in [2.75, 3.05) is 13.7 Å². The minimum Gasteiger partial charge on any atom is -0.493 e. The van der Waals surface area contributed by atoms with Crippen LogP contribution >= 0.6 is 0 Å². The molecule has 0 saturated carbocycles. The summed E-state index contributed by atoms with van der Waals surface area (Å²) in [4.78, 5) is 32.0. The van der Waals surface area contributed by atoms with Gasteiger partial charge in [-0.2, -0.15) is 0 Å². The van der Waals surface area contributed by atoms with Gasteiger partial charge in [0.15, 0.2) is 0 Å². The maximum absolute atomic E-state index is 11.4. The number of amides is 1. The van der Waals surface area contributed by atoms with Crippen molar-refractivity contribution in [3.05, 3.63) is 33.9 Å². The Kier molecular flexibility index (Phi) is 4.81. The maximum Gasteiger partial charge on any atom is 0.345 e. The average molecular weight is 268 g/mol. The first-order chi connectivity index (χ1) is 8.95. The van der Waals surface area contributed by atoms with Crippen molar-refractivity contribution >= 4 is 17.6 Å². The highest BCUT2D eigenvalue weighted by molar-refractivity contribution is 5.94. The molecule has 19 heavy (non-hydrogen) atoms. The summed E-state index contributed by atoms with van der Waals surface area (Å²) in [7, 11) is 1.12. The quantitative estimate of drug-likeness (QED) is 0.459. The summed E-state index contributed by atoms with van der Waals surface area (Å²) in [6.45, 7) is 0.0216. The number of carbonyl (C=O) groups is 2. The number of nitro groups is 1. The Morgan fingerprint density at radius 2 is 2.11 bits per heavy atom. The predicted octanol–water partition coefficient (Wildman–Crippen LogP) is 0.636. The molecule has 8 heteroatoms. The van der Waals surface area contributed by atoms with E-state index < -0.39 is 16.8 Å². The molecule has 0 aliphatic heterocycles. The van der Waals surface area contributed by atoms with E-state index in [0.717, 1.165) is 13.2 Å². The van der Waals surface area contributed by atoms with Gasteiger partial charge in [-0.15, -0.1) is 0 Å². The first-order valence-corrected chi connectivity index (χ1v) is 5.23. The number of rotatable bonds is 6. The van der Waals surface area contributed by atoms with Crippen LogP contribution in [0.2, 0.25) is 0 Å². The SMILES string of the molecule is COC(=O)c1cc(OCCC(N)=O)ccc1[N+](=O)[O-]. The topological polar surface area (TPSA) is 122 Å². The molecule has 0 fully saturated rings. The van der Waals surface area contributed by atoms with Crippen LogP contribution in [-0.2, 0) is 9.53 Å². The van der Waals surface area contributed by atoms with Gasteiger partial charge in [-0.05, 0) is 6.07 Å². The molecular weight excluding hydrogens is 256 g/mol. The van der Waals surface area contributed by atoms with Crippen molar-refractivity contribution in [1.82, 2.24) is 0 Å². The largest absolute Gasteiger partial charge is 0.493 e. The molecule has 102 valence electrons. The second kappa shape index (κ2) is 6.34. The van der Waals surface area contributed by atoms with Gasteiger partial charge in [0.2, 0.25) is 5.91 Å². The molecule has 1 aromatic carbocycles. The summed E-state index contributed by atoms with van der Waals surface area (Å²) in [6.07, 6.45) is 0.00451. The molecule has 0 radical (unpaired) electrons. The molecular formula is C11H12N2O6. The van der Waals surface area contributed by atoms with E-state index in [9.17, 15) is 19.7 Å². The molecule has 0 spiro atoms. The zero-order valence-corrected chi connectivity index (χ0v) is 10.1. The lowest BCUT2D eigenvalue weighted by Crippen LogP contribution is -2.14. The Hall–Kier alpha value is -2.64. The predicted molar refractivity (Wildman–Crippen MR) is 63.7 cm³/mol. The Morgan fingerprint density at radius 1 is 1.42 bits per heavy atom. The number of primary amides is 1. The van der Waals surface area contributed by atoms with Crippen molar-refractivity contribution in [2.45, 2.75) is 6.42 Å². The lowest BCUT2D eigenvalue weighted by Gasteiger charge is -2.07. The highest BCUT2D eigenvalue weighted by Gasteiger charge is 2.21. The number of esters is 1. The lowest BCUT2D eigenvalue weighted by molar-refractivity contribution is -0.385. The molecule has 2 N–H and O–H groups in total. The minimum atomic E-state index is -0.841. The Bertz CT molecular complexity index is 514. The number of carbonyl (C=O) groups excluding carboxylic acids is 2. The summed E-state index contributed by atoms with van der Waals surface area (Å²) >= 11 is 0.